The summed E-state index contributed by atoms with van der Waals surface area (Å²) < 4.78 is 57.2. The van der Waals surface area contributed by atoms with E-state index in [9.17, 15) is 27.5 Å². The van der Waals surface area contributed by atoms with Gasteiger partial charge in [-0.25, -0.2) is 9.18 Å². The number of hydrogen-bond acceptors (Lipinski definition) is 3. The number of halogens is 4. The quantitative estimate of drug-likeness (QED) is 0.703. The Bertz CT molecular complexity index is 852. The van der Waals surface area contributed by atoms with Crippen molar-refractivity contribution in [3.63, 3.8) is 0 Å². The Labute approximate surface area is 165 Å². The Kier molecular flexibility index (Phi) is 5.84. The average molecular weight is 411 g/mol. The highest BCUT2D eigenvalue weighted by Crippen LogP contribution is 2.39. The molecule has 4 nitrogen and oxygen atoms in total. The first kappa shape index (κ1) is 21.1. The predicted octanol–water partition coefficient (Wildman–Crippen LogP) is 5.03. The van der Waals surface area contributed by atoms with E-state index in [-0.39, 0.29) is 19.6 Å². The topological polar surface area (TPSA) is 49.8 Å². The maximum absolute atomic E-state index is 13.3. The lowest BCUT2D eigenvalue weighted by molar-refractivity contribution is -0.137. The molecule has 29 heavy (non-hydrogen) atoms. The van der Waals surface area contributed by atoms with E-state index in [2.05, 4.69) is 0 Å². The molecule has 1 amide bonds. The van der Waals surface area contributed by atoms with Crippen LogP contribution in [-0.2, 0) is 16.5 Å². The van der Waals surface area contributed by atoms with Gasteiger partial charge in [-0.2, -0.15) is 13.2 Å². The van der Waals surface area contributed by atoms with E-state index >= 15 is 0 Å². The Balaban J connectivity index is 1.79. The van der Waals surface area contributed by atoms with Crippen molar-refractivity contribution in [1.29, 1.82) is 0 Å². The number of aliphatic hydroxyl groups is 1. The minimum atomic E-state index is -4.43. The van der Waals surface area contributed by atoms with Gasteiger partial charge in [0.1, 0.15) is 11.4 Å². The second-order valence-electron chi connectivity index (χ2n) is 7.08. The van der Waals surface area contributed by atoms with Crippen LogP contribution in [0.3, 0.4) is 0 Å². The summed E-state index contributed by atoms with van der Waals surface area (Å²) in [6, 6.07) is 9.72. The van der Waals surface area contributed by atoms with E-state index in [0.717, 1.165) is 12.1 Å². The molecule has 0 aromatic heterocycles. The van der Waals surface area contributed by atoms with E-state index in [1.807, 2.05) is 0 Å². The monoisotopic (exact) mass is 411 g/mol. The highest BCUT2D eigenvalue weighted by Gasteiger charge is 2.43. The molecule has 1 aliphatic rings. The summed E-state index contributed by atoms with van der Waals surface area (Å²) in [6.45, 7) is 1.76. The first-order valence-corrected chi connectivity index (χ1v) is 9.20. The first-order chi connectivity index (χ1) is 13.7. The number of aliphatic hydroxyl groups excluding tert-OH is 1. The minimum Gasteiger partial charge on any atom is -0.438 e. The minimum absolute atomic E-state index is 0.160. The number of ether oxygens (including phenoxy) is 1. The molecule has 1 N–H and O–H groups in total. The molecule has 2 aromatic carbocycles. The van der Waals surface area contributed by atoms with Crippen LogP contribution in [0.2, 0.25) is 0 Å². The van der Waals surface area contributed by atoms with Gasteiger partial charge in [0.25, 0.3) is 0 Å². The Morgan fingerprint density at radius 2 is 1.76 bits per heavy atom. The zero-order valence-corrected chi connectivity index (χ0v) is 15.7. The van der Waals surface area contributed by atoms with Crippen LogP contribution >= 0.6 is 0 Å². The van der Waals surface area contributed by atoms with Gasteiger partial charge in [-0.05, 0) is 42.3 Å². The summed E-state index contributed by atoms with van der Waals surface area (Å²) >= 11 is 0. The molecule has 1 saturated heterocycles. The lowest BCUT2D eigenvalue weighted by Gasteiger charge is -2.43. The molecule has 0 radical (unpaired) electrons. The molecular formula is C21H21F4NO3. The summed E-state index contributed by atoms with van der Waals surface area (Å²) in [5.41, 5.74) is -0.696. The molecule has 2 aromatic rings. The number of cyclic esters (lactones) is 1. The number of alkyl halides is 3. The average Bonchev–Trinajstić information content (AvgIpc) is 2.68. The van der Waals surface area contributed by atoms with E-state index in [0.29, 0.717) is 17.5 Å². The molecule has 1 heterocycles. The Morgan fingerprint density at radius 1 is 1.14 bits per heavy atom. The predicted molar refractivity (Wildman–Crippen MR) is 97.4 cm³/mol. The summed E-state index contributed by atoms with van der Waals surface area (Å²) in [5.74, 6) is -0.424. The molecule has 156 valence electrons. The van der Waals surface area contributed by atoms with Gasteiger partial charge in [-0.15, -0.1) is 0 Å². The molecule has 0 spiro atoms. The van der Waals surface area contributed by atoms with Crippen molar-refractivity contribution in [2.75, 3.05) is 13.2 Å². The van der Waals surface area contributed by atoms with Crippen molar-refractivity contribution >= 4 is 6.09 Å². The summed E-state index contributed by atoms with van der Waals surface area (Å²) in [6.07, 6.45) is -4.55. The third-order valence-corrected chi connectivity index (χ3v) is 5.35. The van der Waals surface area contributed by atoms with Gasteiger partial charge in [0.2, 0.25) is 0 Å². The fourth-order valence-corrected chi connectivity index (χ4v) is 3.61. The maximum atomic E-state index is 13.3. The standard InChI is InChI=1S/C21H21F4NO3/c1-14(15-2-4-17(5-3-15)21(23,24)25)26-12-10-20(11-13-27,29-19(26)28)16-6-8-18(22)9-7-16/h2-9,14,27H,10-13H2,1H3/t14-,20?/m0/s1. The van der Waals surface area contributed by atoms with Crippen molar-refractivity contribution in [3.8, 4) is 0 Å². The highest BCUT2D eigenvalue weighted by atomic mass is 19.4. The Hall–Kier alpha value is -2.61. The lowest BCUT2D eigenvalue weighted by Crippen LogP contribution is -2.49. The molecule has 0 bridgehead atoms. The van der Waals surface area contributed by atoms with Gasteiger partial charge < -0.3 is 14.7 Å². The molecule has 2 atom stereocenters. The molecule has 1 aliphatic heterocycles. The summed E-state index contributed by atoms with van der Waals surface area (Å²) in [5, 5.41) is 9.46. The van der Waals surface area contributed by atoms with E-state index in [1.54, 1.807) is 6.92 Å². The molecular weight excluding hydrogens is 390 g/mol. The molecule has 0 aliphatic carbocycles. The van der Waals surface area contributed by atoms with Crippen LogP contribution in [0.15, 0.2) is 48.5 Å². The fourth-order valence-electron chi connectivity index (χ4n) is 3.61. The van der Waals surface area contributed by atoms with Crippen LogP contribution in [-0.4, -0.2) is 29.3 Å². The van der Waals surface area contributed by atoms with E-state index < -0.39 is 35.3 Å². The molecule has 0 saturated carbocycles. The third kappa shape index (κ3) is 4.37. The van der Waals surface area contributed by atoms with Crippen molar-refractivity contribution < 1.29 is 32.2 Å². The smallest absolute Gasteiger partial charge is 0.416 e. The highest BCUT2D eigenvalue weighted by molar-refractivity contribution is 5.70. The van der Waals surface area contributed by atoms with Gasteiger partial charge >= 0.3 is 12.3 Å². The second-order valence-corrected chi connectivity index (χ2v) is 7.08. The normalized spacial score (nSPS) is 21.0. The fraction of sp³-hybridized carbons (Fsp3) is 0.381. The van der Waals surface area contributed by atoms with Gasteiger partial charge in [-0.1, -0.05) is 24.3 Å². The van der Waals surface area contributed by atoms with Crippen LogP contribution in [0.25, 0.3) is 0 Å². The molecule has 1 fully saturated rings. The number of amides is 1. The van der Waals surface area contributed by atoms with Crippen LogP contribution in [0.4, 0.5) is 22.4 Å². The number of carbonyl (C=O) groups excluding carboxylic acids is 1. The van der Waals surface area contributed by atoms with Crippen LogP contribution in [0, 0.1) is 5.82 Å². The second kappa shape index (κ2) is 8.02. The van der Waals surface area contributed by atoms with Crippen molar-refractivity contribution in [1.82, 2.24) is 4.90 Å². The maximum Gasteiger partial charge on any atom is 0.416 e. The number of rotatable bonds is 5. The summed E-state index contributed by atoms with van der Waals surface area (Å²) in [7, 11) is 0. The number of carbonyl (C=O) groups is 1. The van der Waals surface area contributed by atoms with Crippen molar-refractivity contribution in [2.24, 2.45) is 0 Å². The zero-order valence-electron chi connectivity index (χ0n) is 15.7. The van der Waals surface area contributed by atoms with Crippen molar-refractivity contribution in [3.05, 3.63) is 71.0 Å². The first-order valence-electron chi connectivity index (χ1n) is 9.20. The van der Waals surface area contributed by atoms with Gasteiger partial charge in [0.15, 0.2) is 0 Å². The van der Waals surface area contributed by atoms with E-state index in [4.69, 9.17) is 4.74 Å². The van der Waals surface area contributed by atoms with Crippen LogP contribution in [0.5, 0.6) is 0 Å². The number of benzene rings is 2. The third-order valence-electron chi connectivity index (χ3n) is 5.35. The number of hydrogen-bond donors (Lipinski definition) is 1. The van der Waals surface area contributed by atoms with Crippen LogP contribution < -0.4 is 0 Å². The largest absolute Gasteiger partial charge is 0.438 e. The van der Waals surface area contributed by atoms with Gasteiger partial charge in [-0.3, -0.25) is 0 Å². The SMILES string of the molecule is C[C@@H](c1ccc(C(F)(F)F)cc1)N1CCC(CCO)(c2ccc(F)cc2)OC1=O. The van der Waals surface area contributed by atoms with E-state index in [1.165, 1.54) is 41.3 Å². The van der Waals surface area contributed by atoms with Gasteiger partial charge in [0.05, 0.1) is 11.6 Å². The zero-order chi connectivity index (χ0) is 21.2. The Morgan fingerprint density at radius 3 is 2.28 bits per heavy atom. The molecule has 3 rings (SSSR count). The summed E-state index contributed by atoms with van der Waals surface area (Å²) in [4.78, 5) is 14.2. The number of nitrogens with zero attached hydrogens (tertiary/aromatic N) is 1. The molecule has 1 unspecified atom stereocenters. The van der Waals surface area contributed by atoms with Gasteiger partial charge in [0, 0.05) is 26.0 Å². The molecule has 8 heteroatoms. The lowest BCUT2D eigenvalue weighted by atomic mass is 9.85. The van der Waals surface area contributed by atoms with Crippen LogP contribution in [0.1, 0.15) is 42.5 Å². The van der Waals surface area contributed by atoms with Crippen molar-refractivity contribution in [2.45, 2.75) is 37.6 Å².